The molecule has 0 aromatic carbocycles. The lowest BCUT2D eigenvalue weighted by molar-refractivity contribution is -0.138. The van der Waals surface area contributed by atoms with Crippen LogP contribution in [0.15, 0.2) is 59.4 Å². The molecule has 0 aromatic heterocycles. The van der Waals surface area contributed by atoms with Crippen LogP contribution in [0.5, 0.6) is 0 Å². The number of esters is 1. The number of hydrogen-bond donors (Lipinski definition) is 0. The predicted octanol–water partition coefficient (Wildman–Crippen LogP) is 3.16. The Morgan fingerprint density at radius 1 is 1.13 bits per heavy atom. The van der Waals surface area contributed by atoms with E-state index < -0.39 is 0 Å². The molecule has 1 aliphatic heterocycles. The molecule has 6 nitrogen and oxygen atoms in total. The SMILES string of the molecule is C=C\C=C(C)/C=C(CN(C=O)CC(=C)C)/C(=C(\C)C(=O)OCC)N1CCN(C)CC1. The van der Waals surface area contributed by atoms with Gasteiger partial charge in [-0.25, -0.2) is 4.79 Å². The van der Waals surface area contributed by atoms with Crippen molar-refractivity contribution in [3.05, 3.63) is 59.4 Å². The Labute approximate surface area is 181 Å². The van der Waals surface area contributed by atoms with E-state index in [2.05, 4.69) is 30.0 Å². The first-order chi connectivity index (χ1) is 14.2. The highest BCUT2D eigenvalue weighted by atomic mass is 16.5. The number of rotatable bonds is 11. The van der Waals surface area contributed by atoms with E-state index in [9.17, 15) is 9.59 Å². The van der Waals surface area contributed by atoms with Crippen molar-refractivity contribution < 1.29 is 14.3 Å². The van der Waals surface area contributed by atoms with Gasteiger partial charge in [-0.3, -0.25) is 4.79 Å². The van der Waals surface area contributed by atoms with Gasteiger partial charge in [-0.1, -0.05) is 42.5 Å². The van der Waals surface area contributed by atoms with E-state index in [0.717, 1.165) is 55.0 Å². The second-order valence-electron chi connectivity index (χ2n) is 7.77. The van der Waals surface area contributed by atoms with E-state index in [4.69, 9.17) is 4.74 Å². The van der Waals surface area contributed by atoms with E-state index in [1.165, 1.54) is 0 Å². The largest absolute Gasteiger partial charge is 0.463 e. The van der Waals surface area contributed by atoms with Crippen molar-refractivity contribution in [3.63, 3.8) is 0 Å². The number of carbonyl (C=O) groups is 2. The first-order valence-corrected chi connectivity index (χ1v) is 10.4. The van der Waals surface area contributed by atoms with Crippen LogP contribution in [0.1, 0.15) is 27.7 Å². The first-order valence-electron chi connectivity index (χ1n) is 10.4. The van der Waals surface area contributed by atoms with Gasteiger partial charge in [0.1, 0.15) is 0 Å². The molecule has 1 amide bonds. The Balaban J connectivity index is 3.52. The summed E-state index contributed by atoms with van der Waals surface area (Å²) in [5.74, 6) is -0.333. The number of allylic oxidation sites excluding steroid dienone is 4. The fourth-order valence-corrected chi connectivity index (χ4v) is 3.44. The van der Waals surface area contributed by atoms with E-state index in [-0.39, 0.29) is 5.97 Å². The Hall–Kier alpha value is -2.60. The van der Waals surface area contributed by atoms with Crippen LogP contribution in [0.4, 0.5) is 0 Å². The molecular formula is C24H37N3O3. The summed E-state index contributed by atoms with van der Waals surface area (Å²) >= 11 is 0. The number of piperazine rings is 1. The maximum Gasteiger partial charge on any atom is 0.335 e. The molecule has 30 heavy (non-hydrogen) atoms. The molecule has 0 aromatic rings. The quantitative estimate of drug-likeness (QED) is 0.171. The number of amides is 1. The third-order valence-electron chi connectivity index (χ3n) is 4.84. The molecule has 0 aliphatic carbocycles. The highest BCUT2D eigenvalue weighted by molar-refractivity contribution is 5.89. The summed E-state index contributed by atoms with van der Waals surface area (Å²) in [5, 5.41) is 0. The van der Waals surface area contributed by atoms with Gasteiger partial charge < -0.3 is 19.4 Å². The summed E-state index contributed by atoms with van der Waals surface area (Å²) in [6.07, 6.45) is 6.49. The van der Waals surface area contributed by atoms with E-state index >= 15 is 0 Å². The van der Waals surface area contributed by atoms with Gasteiger partial charge in [0.15, 0.2) is 0 Å². The number of carbonyl (C=O) groups excluding carboxylic acids is 2. The van der Waals surface area contributed by atoms with Crippen LogP contribution in [-0.4, -0.2) is 80.0 Å². The zero-order valence-corrected chi connectivity index (χ0v) is 19.2. The number of nitrogens with zero attached hydrogens (tertiary/aromatic N) is 3. The Bertz CT molecular complexity index is 726. The zero-order valence-electron chi connectivity index (χ0n) is 19.2. The van der Waals surface area contributed by atoms with Gasteiger partial charge in [0.2, 0.25) is 6.41 Å². The number of ether oxygens (including phenoxy) is 1. The smallest absolute Gasteiger partial charge is 0.335 e. The summed E-state index contributed by atoms with van der Waals surface area (Å²) < 4.78 is 5.31. The fraction of sp³-hybridized carbons (Fsp3) is 0.500. The van der Waals surface area contributed by atoms with Crippen molar-refractivity contribution in [2.24, 2.45) is 0 Å². The van der Waals surface area contributed by atoms with Crippen molar-refractivity contribution in [2.75, 3.05) is 52.9 Å². The maximum absolute atomic E-state index is 12.7. The molecule has 0 atom stereocenters. The molecule has 1 saturated heterocycles. The van der Waals surface area contributed by atoms with Crippen molar-refractivity contribution in [1.29, 1.82) is 0 Å². The summed E-state index contributed by atoms with van der Waals surface area (Å²) in [4.78, 5) is 30.6. The maximum atomic E-state index is 12.7. The molecular weight excluding hydrogens is 378 g/mol. The molecule has 1 aliphatic rings. The monoisotopic (exact) mass is 415 g/mol. The van der Waals surface area contributed by atoms with Gasteiger partial charge in [0, 0.05) is 39.3 Å². The van der Waals surface area contributed by atoms with Gasteiger partial charge in [-0.2, -0.15) is 0 Å². The normalized spacial score (nSPS) is 16.6. The summed E-state index contributed by atoms with van der Waals surface area (Å²) in [6, 6.07) is 0. The Kier molecular flexibility index (Phi) is 10.9. The standard InChI is InChI=1S/C24H37N3O3/c1-8-10-20(5)15-22(17-26(18-28)16-19(3)4)23(21(6)24(29)30-9-2)27-13-11-25(7)12-14-27/h8,10,15,18H,1,3,9,11-14,16-17H2,2,4-7H3/b20-10-,22-15+,23-21-. The minimum atomic E-state index is -0.333. The lowest BCUT2D eigenvalue weighted by Gasteiger charge is -2.38. The Morgan fingerprint density at radius 2 is 1.77 bits per heavy atom. The molecule has 6 heteroatoms. The van der Waals surface area contributed by atoms with Gasteiger partial charge in [-0.15, -0.1) is 0 Å². The fourth-order valence-electron chi connectivity index (χ4n) is 3.44. The molecule has 1 fully saturated rings. The second kappa shape index (κ2) is 12.9. The van der Waals surface area contributed by atoms with Gasteiger partial charge in [0.25, 0.3) is 0 Å². The molecule has 1 rings (SSSR count). The van der Waals surface area contributed by atoms with Gasteiger partial charge in [-0.05, 0) is 40.3 Å². The second-order valence-corrected chi connectivity index (χ2v) is 7.77. The summed E-state index contributed by atoms with van der Waals surface area (Å²) in [6.45, 7) is 19.7. The highest BCUT2D eigenvalue weighted by Gasteiger charge is 2.25. The molecule has 1 heterocycles. The molecule has 0 radical (unpaired) electrons. The first kappa shape index (κ1) is 25.4. The summed E-state index contributed by atoms with van der Waals surface area (Å²) in [5.41, 5.74) is 4.18. The minimum Gasteiger partial charge on any atom is -0.463 e. The molecule has 0 saturated carbocycles. The van der Waals surface area contributed by atoms with Gasteiger partial charge in [0.05, 0.1) is 17.9 Å². The molecule has 0 bridgehead atoms. The lowest BCUT2D eigenvalue weighted by Crippen LogP contribution is -2.45. The van der Waals surface area contributed by atoms with Crippen LogP contribution in [0.25, 0.3) is 0 Å². The van der Waals surface area contributed by atoms with Crippen LogP contribution < -0.4 is 0 Å². The average molecular weight is 416 g/mol. The van der Waals surface area contributed by atoms with E-state index in [0.29, 0.717) is 25.3 Å². The molecule has 166 valence electrons. The summed E-state index contributed by atoms with van der Waals surface area (Å²) in [7, 11) is 2.09. The zero-order chi connectivity index (χ0) is 22.7. The van der Waals surface area contributed by atoms with Crippen LogP contribution in [0, 0.1) is 0 Å². The topological polar surface area (TPSA) is 53.1 Å². The lowest BCUT2D eigenvalue weighted by atomic mass is 10.0. The highest BCUT2D eigenvalue weighted by Crippen LogP contribution is 2.25. The average Bonchev–Trinajstić information content (AvgIpc) is 2.68. The third-order valence-corrected chi connectivity index (χ3v) is 4.84. The molecule has 0 unspecified atom stereocenters. The predicted molar refractivity (Wildman–Crippen MR) is 123 cm³/mol. The minimum absolute atomic E-state index is 0.316. The molecule has 0 spiro atoms. The van der Waals surface area contributed by atoms with Crippen molar-refractivity contribution in [2.45, 2.75) is 27.7 Å². The van der Waals surface area contributed by atoms with Crippen LogP contribution >= 0.6 is 0 Å². The Morgan fingerprint density at radius 3 is 2.27 bits per heavy atom. The van der Waals surface area contributed by atoms with Crippen molar-refractivity contribution >= 4 is 12.4 Å². The van der Waals surface area contributed by atoms with E-state index in [1.807, 2.05) is 26.0 Å². The third kappa shape index (κ3) is 8.03. The van der Waals surface area contributed by atoms with Crippen LogP contribution in [0.2, 0.25) is 0 Å². The van der Waals surface area contributed by atoms with Crippen molar-refractivity contribution in [1.82, 2.24) is 14.7 Å². The number of hydrogen-bond acceptors (Lipinski definition) is 5. The number of likely N-dealkylation sites (N-methyl/N-ethyl adjacent to an activating group) is 1. The molecule has 0 N–H and O–H groups in total. The van der Waals surface area contributed by atoms with Crippen LogP contribution in [0.3, 0.4) is 0 Å². The van der Waals surface area contributed by atoms with Crippen LogP contribution in [-0.2, 0) is 14.3 Å². The van der Waals surface area contributed by atoms with E-state index in [1.54, 1.807) is 24.8 Å². The van der Waals surface area contributed by atoms with Crippen molar-refractivity contribution in [3.8, 4) is 0 Å². The van der Waals surface area contributed by atoms with Gasteiger partial charge >= 0.3 is 5.97 Å².